The zero-order valence-corrected chi connectivity index (χ0v) is 45.2. The Morgan fingerprint density at radius 1 is 0.434 bits per heavy atom. The molecule has 0 aromatic carbocycles. The summed E-state index contributed by atoms with van der Waals surface area (Å²) < 4.78 is 0. The molecule has 0 spiro atoms. The van der Waals surface area contributed by atoms with E-state index >= 15 is 0 Å². The van der Waals surface area contributed by atoms with E-state index in [4.69, 9.17) is 34.4 Å². The second-order valence-electron chi connectivity index (χ2n) is 20.1. The van der Waals surface area contributed by atoms with Gasteiger partial charge < -0.3 is 87.1 Å². The van der Waals surface area contributed by atoms with Gasteiger partial charge in [0.2, 0.25) is 53.2 Å². The maximum absolute atomic E-state index is 14.2. The molecule has 28 heteroatoms. The van der Waals surface area contributed by atoms with E-state index in [0.29, 0.717) is 38.6 Å². The van der Waals surface area contributed by atoms with Crippen molar-refractivity contribution in [3.05, 3.63) is 0 Å². The van der Waals surface area contributed by atoms with E-state index < -0.39 is 139 Å². The lowest BCUT2D eigenvalue weighted by atomic mass is 10.0. The fraction of sp³-hybridized carbons (Fsp3) is 0.750. The molecule has 0 fully saturated rings. The molecule has 0 heterocycles. The zero-order valence-electron chi connectivity index (χ0n) is 45.2. The molecule has 0 saturated heterocycles. The Morgan fingerprint density at radius 2 is 0.803 bits per heavy atom. The maximum atomic E-state index is 14.2. The normalized spacial score (nSPS) is 14.8. The highest BCUT2D eigenvalue weighted by molar-refractivity contribution is 5.99. The zero-order chi connectivity index (χ0) is 58.2. The number of primary amides is 1. The van der Waals surface area contributed by atoms with Crippen LogP contribution < -0.4 is 76.9 Å². The number of nitrogens with zero attached hydrogens (tertiary/aromatic N) is 1. The van der Waals surface area contributed by atoms with Gasteiger partial charge in [-0.25, -0.2) is 4.79 Å². The Bertz CT molecular complexity index is 1950. The Kier molecular flexibility index (Phi) is 33.9. The standard InChI is InChI=1S/C48H89N15O13/c1-25(2)21-29(51)40(68)58-31(14-9-11-19-50)41(69)62-35(24-37(52)64)46(74)60-33(16-17-38(65)66)44(72)59-32(15-12-20-55-48(53)54)42(70)61-34(22-26(3)4)45(73)56-28(7)39(67)57-30(13-8-10-18-49)43(71)63-36(47(75)76)23-27(5)6/h25-36H,8-24,49-51H2,1-7H3,(H2,52,64)(H,56,73)(H,57,67)(H,58,68)(H,59,72)(H,60,74)(H,61,70)(H,62,69)(H,63,71)(H,65,66)(H,75,76)(H4,53,54,55)/t28-,29-,30-,31-,32-,33-,34-,35-,36-/m0/s1. The third-order valence-electron chi connectivity index (χ3n) is 11.5. The number of carbonyl (C=O) groups excluding carboxylic acids is 9. The van der Waals surface area contributed by atoms with E-state index in [1.807, 2.05) is 13.8 Å². The second-order valence-corrected chi connectivity index (χ2v) is 20.1. The smallest absolute Gasteiger partial charge is 0.326 e. The monoisotopic (exact) mass is 1080 g/mol. The lowest BCUT2D eigenvalue weighted by Gasteiger charge is -2.28. The van der Waals surface area contributed by atoms with E-state index in [2.05, 4.69) is 47.5 Å². The van der Waals surface area contributed by atoms with Crippen molar-refractivity contribution in [1.82, 2.24) is 42.5 Å². The van der Waals surface area contributed by atoms with Crippen molar-refractivity contribution in [2.75, 3.05) is 19.6 Å². The number of nitrogens with two attached hydrogens (primary N) is 6. The first kappa shape index (κ1) is 69.3. The number of unbranched alkanes of at least 4 members (excludes halogenated alkanes) is 2. The number of carboxylic acid groups (broad SMARTS) is 2. The molecule has 434 valence electrons. The molecule has 0 aliphatic heterocycles. The van der Waals surface area contributed by atoms with Crippen LogP contribution in [0.5, 0.6) is 0 Å². The first-order valence-corrected chi connectivity index (χ1v) is 25.9. The van der Waals surface area contributed by atoms with Crippen molar-refractivity contribution >= 4 is 71.1 Å². The first-order chi connectivity index (χ1) is 35.5. The van der Waals surface area contributed by atoms with Crippen LogP contribution in [0.2, 0.25) is 0 Å². The number of hydrogen-bond donors (Lipinski definition) is 16. The molecule has 0 aromatic heterocycles. The summed E-state index contributed by atoms with van der Waals surface area (Å²) in [6, 6.07) is -12.3. The van der Waals surface area contributed by atoms with Gasteiger partial charge in [-0.15, -0.1) is 0 Å². The van der Waals surface area contributed by atoms with Crippen molar-refractivity contribution in [3.63, 3.8) is 0 Å². The molecule has 0 aromatic rings. The molecule has 22 N–H and O–H groups in total. The van der Waals surface area contributed by atoms with Crippen LogP contribution in [0.15, 0.2) is 4.99 Å². The average molecular weight is 1080 g/mol. The summed E-state index contributed by atoms with van der Waals surface area (Å²) in [5.74, 6) is -11.4. The van der Waals surface area contributed by atoms with Gasteiger partial charge in [0, 0.05) is 13.0 Å². The SMILES string of the molecule is CC(C)C[C@H](NC(=O)[C@H](CCCCN)NC(=O)[C@H](C)NC(=O)[C@H](CC(C)C)NC(=O)[C@H](CCCN=C(N)N)NC(=O)[C@H](CCC(=O)O)NC(=O)[C@H](CC(N)=O)NC(=O)[C@H](CCCCN)NC(=O)[C@@H](N)CC(C)C)C(=O)O. The number of carboxylic acids is 2. The lowest BCUT2D eigenvalue weighted by molar-refractivity contribution is -0.143. The summed E-state index contributed by atoms with van der Waals surface area (Å²) in [4.78, 5) is 149. The van der Waals surface area contributed by atoms with Crippen molar-refractivity contribution < 1.29 is 63.0 Å². The van der Waals surface area contributed by atoms with Crippen LogP contribution in [0, 0.1) is 17.8 Å². The Balaban J connectivity index is 6.76. The summed E-state index contributed by atoms with van der Waals surface area (Å²) in [5.41, 5.74) is 33.7. The third-order valence-corrected chi connectivity index (χ3v) is 11.5. The molecular formula is C48H89N15O13. The van der Waals surface area contributed by atoms with Crippen LogP contribution in [-0.4, -0.2) is 155 Å². The van der Waals surface area contributed by atoms with E-state index in [1.54, 1.807) is 27.7 Å². The second kappa shape index (κ2) is 37.1. The molecule has 0 saturated carbocycles. The maximum Gasteiger partial charge on any atom is 0.326 e. The Labute approximate surface area is 445 Å². The molecule has 9 amide bonds. The van der Waals surface area contributed by atoms with Gasteiger partial charge in [-0.05, 0) is 115 Å². The minimum Gasteiger partial charge on any atom is -0.481 e. The molecule has 0 bridgehead atoms. The Morgan fingerprint density at radius 3 is 1.22 bits per heavy atom. The lowest BCUT2D eigenvalue weighted by Crippen LogP contribution is -2.60. The number of carbonyl (C=O) groups is 11. The summed E-state index contributed by atoms with van der Waals surface area (Å²) >= 11 is 0. The highest BCUT2D eigenvalue weighted by Crippen LogP contribution is 2.12. The predicted molar refractivity (Wildman–Crippen MR) is 281 cm³/mol. The number of hydrogen-bond acceptors (Lipinski definition) is 15. The van der Waals surface area contributed by atoms with E-state index in [1.165, 1.54) is 6.92 Å². The van der Waals surface area contributed by atoms with Crippen LogP contribution in [0.3, 0.4) is 0 Å². The van der Waals surface area contributed by atoms with Gasteiger partial charge in [0.1, 0.15) is 48.3 Å². The molecule has 76 heavy (non-hydrogen) atoms. The minimum absolute atomic E-state index is 0.00367. The predicted octanol–water partition coefficient (Wildman–Crippen LogP) is -3.51. The number of guanidine groups is 1. The molecule has 28 nitrogen and oxygen atoms in total. The number of nitrogens with one attached hydrogen (secondary N) is 8. The van der Waals surface area contributed by atoms with Gasteiger partial charge in [-0.1, -0.05) is 41.5 Å². The average Bonchev–Trinajstić information content (AvgIpc) is 3.31. The van der Waals surface area contributed by atoms with Crippen LogP contribution in [0.1, 0.15) is 138 Å². The van der Waals surface area contributed by atoms with E-state index in [0.717, 1.165) is 0 Å². The van der Waals surface area contributed by atoms with Crippen LogP contribution in [0.4, 0.5) is 0 Å². The first-order valence-electron chi connectivity index (χ1n) is 25.9. The van der Waals surface area contributed by atoms with Gasteiger partial charge in [0.15, 0.2) is 5.96 Å². The molecule has 0 rings (SSSR count). The number of amides is 9. The van der Waals surface area contributed by atoms with Crippen molar-refractivity contribution in [2.24, 2.45) is 57.1 Å². The number of rotatable bonds is 40. The summed E-state index contributed by atoms with van der Waals surface area (Å²) in [6.07, 6.45) is 0.136. The van der Waals surface area contributed by atoms with Crippen LogP contribution in [0.25, 0.3) is 0 Å². The molecule has 0 aliphatic rings. The van der Waals surface area contributed by atoms with Gasteiger partial charge >= 0.3 is 11.9 Å². The summed E-state index contributed by atoms with van der Waals surface area (Å²) in [7, 11) is 0. The summed E-state index contributed by atoms with van der Waals surface area (Å²) in [6.45, 7) is 12.6. The van der Waals surface area contributed by atoms with Gasteiger partial charge in [0.05, 0.1) is 12.5 Å². The topological polar surface area (TPSA) is 493 Å². The van der Waals surface area contributed by atoms with E-state index in [-0.39, 0.29) is 75.3 Å². The minimum atomic E-state index is -1.75. The highest BCUT2D eigenvalue weighted by Gasteiger charge is 2.35. The van der Waals surface area contributed by atoms with Gasteiger partial charge in [-0.3, -0.25) is 52.9 Å². The van der Waals surface area contributed by atoms with Crippen molar-refractivity contribution in [2.45, 2.75) is 193 Å². The third kappa shape index (κ3) is 30.0. The largest absolute Gasteiger partial charge is 0.481 e. The fourth-order valence-electron chi connectivity index (χ4n) is 7.57. The fourth-order valence-corrected chi connectivity index (χ4v) is 7.57. The van der Waals surface area contributed by atoms with Crippen LogP contribution >= 0.6 is 0 Å². The van der Waals surface area contributed by atoms with Crippen LogP contribution in [-0.2, 0) is 52.7 Å². The van der Waals surface area contributed by atoms with E-state index in [9.17, 15) is 63.0 Å². The van der Waals surface area contributed by atoms with Gasteiger partial charge in [-0.2, -0.15) is 0 Å². The molecule has 9 atom stereocenters. The quantitative estimate of drug-likeness (QED) is 0.0161. The number of aliphatic carboxylic acids is 2. The molecule has 0 aliphatic carbocycles. The number of aliphatic imine (C=N–C) groups is 1. The summed E-state index contributed by atoms with van der Waals surface area (Å²) in [5, 5.41) is 39.3. The Hall–Kier alpha value is -6.68. The molecule has 0 radical (unpaired) electrons. The molecule has 0 unspecified atom stereocenters. The van der Waals surface area contributed by atoms with Crippen molar-refractivity contribution in [1.29, 1.82) is 0 Å². The van der Waals surface area contributed by atoms with Crippen molar-refractivity contribution in [3.8, 4) is 0 Å². The van der Waals surface area contributed by atoms with Gasteiger partial charge in [0.25, 0.3) is 0 Å². The highest BCUT2D eigenvalue weighted by atomic mass is 16.4. The molecular weight excluding hydrogens is 995 g/mol.